The molecule has 0 saturated heterocycles. The summed E-state index contributed by atoms with van der Waals surface area (Å²) < 4.78 is 19.1. The predicted octanol–water partition coefficient (Wildman–Crippen LogP) is 3.16. The normalized spacial score (nSPS) is 13.8. The lowest BCUT2D eigenvalue weighted by atomic mass is 10.1. The molecule has 1 rings (SSSR count). The van der Waals surface area contributed by atoms with E-state index in [1.807, 2.05) is 20.8 Å². The van der Waals surface area contributed by atoms with Crippen LogP contribution in [0.2, 0.25) is 5.02 Å². The molecule has 1 aromatic rings. The van der Waals surface area contributed by atoms with E-state index in [-0.39, 0.29) is 17.5 Å². The summed E-state index contributed by atoms with van der Waals surface area (Å²) in [4.78, 5) is 0. The van der Waals surface area contributed by atoms with Crippen LogP contribution in [0.4, 0.5) is 4.39 Å². The molecule has 0 spiro atoms. The SMILES string of the molecule is CC(C)(C)OCC(N)Cc1c(F)cccc1Cl. The fourth-order valence-corrected chi connectivity index (χ4v) is 1.65. The largest absolute Gasteiger partial charge is 0.374 e. The van der Waals surface area contributed by atoms with E-state index >= 15 is 0 Å². The first-order valence-corrected chi connectivity index (χ1v) is 6.00. The molecule has 0 saturated carbocycles. The van der Waals surface area contributed by atoms with Crippen LogP contribution in [0.25, 0.3) is 0 Å². The maximum atomic E-state index is 13.5. The van der Waals surface area contributed by atoms with Gasteiger partial charge in [0.15, 0.2) is 0 Å². The number of rotatable bonds is 4. The summed E-state index contributed by atoms with van der Waals surface area (Å²) in [6.45, 7) is 6.25. The zero-order valence-corrected chi connectivity index (χ0v) is 11.2. The van der Waals surface area contributed by atoms with Crippen LogP contribution in [-0.2, 0) is 11.2 Å². The molecule has 0 aliphatic heterocycles. The number of halogens is 2. The Bertz CT molecular complexity index is 356. The molecule has 0 amide bonds. The minimum Gasteiger partial charge on any atom is -0.374 e. The molecule has 96 valence electrons. The second kappa shape index (κ2) is 5.80. The zero-order chi connectivity index (χ0) is 13.1. The molecule has 0 radical (unpaired) electrons. The molecule has 0 heterocycles. The first-order valence-electron chi connectivity index (χ1n) is 5.62. The first kappa shape index (κ1) is 14.4. The third-order valence-electron chi connectivity index (χ3n) is 2.26. The Labute approximate surface area is 107 Å². The number of hydrogen-bond donors (Lipinski definition) is 1. The van der Waals surface area contributed by atoms with E-state index in [1.54, 1.807) is 12.1 Å². The van der Waals surface area contributed by atoms with Crippen LogP contribution in [0.5, 0.6) is 0 Å². The van der Waals surface area contributed by atoms with Crippen LogP contribution in [-0.4, -0.2) is 18.2 Å². The summed E-state index contributed by atoms with van der Waals surface area (Å²) in [5.41, 5.74) is 6.12. The summed E-state index contributed by atoms with van der Waals surface area (Å²) in [6.07, 6.45) is 0.377. The Kier molecular flexibility index (Phi) is 4.92. The van der Waals surface area contributed by atoms with Crippen molar-refractivity contribution in [1.82, 2.24) is 0 Å². The van der Waals surface area contributed by atoms with E-state index in [0.29, 0.717) is 23.6 Å². The molecule has 1 aromatic carbocycles. The fraction of sp³-hybridized carbons (Fsp3) is 0.538. The highest BCUT2D eigenvalue weighted by Crippen LogP contribution is 2.20. The molecule has 2 nitrogen and oxygen atoms in total. The highest BCUT2D eigenvalue weighted by molar-refractivity contribution is 6.31. The van der Waals surface area contributed by atoms with E-state index in [9.17, 15) is 4.39 Å². The highest BCUT2D eigenvalue weighted by atomic mass is 35.5. The van der Waals surface area contributed by atoms with Crippen molar-refractivity contribution in [3.63, 3.8) is 0 Å². The topological polar surface area (TPSA) is 35.2 Å². The first-order chi connectivity index (χ1) is 7.79. The van der Waals surface area contributed by atoms with Gasteiger partial charge in [0, 0.05) is 16.6 Å². The minimum absolute atomic E-state index is 0.239. The summed E-state index contributed by atoms with van der Waals surface area (Å²) in [6, 6.07) is 4.37. The number of ether oxygens (including phenoxy) is 1. The molecular formula is C13H19ClFNO. The van der Waals surface area contributed by atoms with E-state index in [2.05, 4.69) is 0 Å². The lowest BCUT2D eigenvalue weighted by molar-refractivity contribution is -0.00989. The Balaban J connectivity index is 2.59. The average Bonchev–Trinajstić information content (AvgIpc) is 2.20. The molecule has 17 heavy (non-hydrogen) atoms. The van der Waals surface area contributed by atoms with Gasteiger partial charge in [0.2, 0.25) is 0 Å². The molecule has 2 N–H and O–H groups in total. The predicted molar refractivity (Wildman–Crippen MR) is 68.8 cm³/mol. The van der Waals surface area contributed by atoms with Crippen molar-refractivity contribution in [2.75, 3.05) is 6.61 Å². The Morgan fingerprint density at radius 1 is 1.41 bits per heavy atom. The van der Waals surface area contributed by atoms with Crippen LogP contribution in [0.3, 0.4) is 0 Å². The second-order valence-electron chi connectivity index (χ2n) is 5.09. The molecule has 1 atom stereocenters. The van der Waals surface area contributed by atoms with E-state index in [4.69, 9.17) is 22.1 Å². The van der Waals surface area contributed by atoms with Crippen molar-refractivity contribution < 1.29 is 9.13 Å². The Morgan fingerprint density at radius 2 is 2.06 bits per heavy atom. The van der Waals surface area contributed by atoms with Crippen LogP contribution in [0, 0.1) is 5.82 Å². The van der Waals surface area contributed by atoms with Crippen molar-refractivity contribution in [3.05, 3.63) is 34.6 Å². The summed E-state index contributed by atoms with van der Waals surface area (Å²) >= 11 is 5.93. The molecular weight excluding hydrogens is 241 g/mol. The van der Waals surface area contributed by atoms with Gasteiger partial charge >= 0.3 is 0 Å². The van der Waals surface area contributed by atoms with Crippen LogP contribution >= 0.6 is 11.6 Å². The van der Waals surface area contributed by atoms with Gasteiger partial charge in [-0.15, -0.1) is 0 Å². The lowest BCUT2D eigenvalue weighted by Gasteiger charge is -2.22. The smallest absolute Gasteiger partial charge is 0.127 e. The van der Waals surface area contributed by atoms with Gasteiger partial charge in [0.1, 0.15) is 5.82 Å². The van der Waals surface area contributed by atoms with Gasteiger partial charge in [-0.1, -0.05) is 17.7 Å². The molecule has 0 bridgehead atoms. The van der Waals surface area contributed by atoms with Crippen molar-refractivity contribution in [2.24, 2.45) is 5.73 Å². The van der Waals surface area contributed by atoms with Gasteiger partial charge < -0.3 is 10.5 Å². The maximum absolute atomic E-state index is 13.5. The Hall–Kier alpha value is -0.640. The van der Waals surface area contributed by atoms with Gasteiger partial charge in [-0.3, -0.25) is 0 Å². The quantitative estimate of drug-likeness (QED) is 0.902. The van der Waals surface area contributed by atoms with Gasteiger partial charge in [0.05, 0.1) is 12.2 Å². The average molecular weight is 260 g/mol. The molecule has 0 aliphatic carbocycles. The van der Waals surface area contributed by atoms with Gasteiger partial charge in [-0.25, -0.2) is 4.39 Å². The summed E-state index contributed by atoms with van der Waals surface area (Å²) in [5, 5.41) is 0.413. The van der Waals surface area contributed by atoms with Crippen molar-refractivity contribution in [2.45, 2.75) is 38.8 Å². The van der Waals surface area contributed by atoms with Gasteiger partial charge in [0.25, 0.3) is 0 Å². The standard InChI is InChI=1S/C13H19ClFNO/c1-13(2,3)17-8-9(16)7-10-11(14)5-4-6-12(10)15/h4-6,9H,7-8,16H2,1-3H3. The van der Waals surface area contributed by atoms with Gasteiger partial charge in [-0.2, -0.15) is 0 Å². The fourth-order valence-electron chi connectivity index (χ4n) is 1.41. The van der Waals surface area contributed by atoms with Gasteiger partial charge in [-0.05, 0) is 39.3 Å². The van der Waals surface area contributed by atoms with Crippen LogP contribution in [0.15, 0.2) is 18.2 Å². The van der Waals surface area contributed by atoms with Crippen molar-refractivity contribution in [1.29, 1.82) is 0 Å². The number of nitrogens with two attached hydrogens (primary N) is 1. The minimum atomic E-state index is -0.316. The molecule has 0 aliphatic rings. The zero-order valence-electron chi connectivity index (χ0n) is 10.5. The molecule has 0 fully saturated rings. The van der Waals surface area contributed by atoms with E-state index < -0.39 is 0 Å². The third-order valence-corrected chi connectivity index (χ3v) is 2.61. The Morgan fingerprint density at radius 3 is 2.59 bits per heavy atom. The summed E-state index contributed by atoms with van der Waals surface area (Å²) in [7, 11) is 0. The third kappa shape index (κ3) is 5.02. The highest BCUT2D eigenvalue weighted by Gasteiger charge is 2.15. The number of hydrogen-bond acceptors (Lipinski definition) is 2. The summed E-state index contributed by atoms with van der Waals surface area (Å²) in [5.74, 6) is -0.316. The van der Waals surface area contributed by atoms with Crippen molar-refractivity contribution >= 4 is 11.6 Å². The van der Waals surface area contributed by atoms with E-state index in [0.717, 1.165) is 0 Å². The van der Waals surface area contributed by atoms with Crippen LogP contribution < -0.4 is 5.73 Å². The molecule has 0 aromatic heterocycles. The van der Waals surface area contributed by atoms with Crippen molar-refractivity contribution in [3.8, 4) is 0 Å². The maximum Gasteiger partial charge on any atom is 0.127 e. The molecule has 1 unspecified atom stereocenters. The van der Waals surface area contributed by atoms with E-state index in [1.165, 1.54) is 6.07 Å². The van der Waals surface area contributed by atoms with Crippen LogP contribution in [0.1, 0.15) is 26.3 Å². The monoisotopic (exact) mass is 259 g/mol. The molecule has 4 heteroatoms. The number of benzene rings is 1. The lowest BCUT2D eigenvalue weighted by Crippen LogP contribution is -2.33. The second-order valence-corrected chi connectivity index (χ2v) is 5.49.